The summed E-state index contributed by atoms with van der Waals surface area (Å²) in [5, 5.41) is 2.47. The van der Waals surface area contributed by atoms with Crippen LogP contribution in [0, 0.1) is 11.6 Å². The summed E-state index contributed by atoms with van der Waals surface area (Å²) in [6, 6.07) is 9.66. The van der Waals surface area contributed by atoms with Crippen molar-refractivity contribution < 1.29 is 18.4 Å². The van der Waals surface area contributed by atoms with Crippen LogP contribution in [-0.4, -0.2) is 34.6 Å². The van der Waals surface area contributed by atoms with E-state index in [1.807, 2.05) is 0 Å². The highest BCUT2D eigenvalue weighted by Gasteiger charge is 2.48. The van der Waals surface area contributed by atoms with E-state index in [0.29, 0.717) is 29.8 Å². The number of hydrogen-bond acceptors (Lipinski definition) is 4. The first-order valence-electron chi connectivity index (χ1n) is 9.90. The highest BCUT2D eigenvalue weighted by molar-refractivity contribution is 6.47. The molecule has 8 heteroatoms. The second kappa shape index (κ2) is 7.85. The molecule has 0 aromatic heterocycles. The first kappa shape index (κ1) is 20.0. The normalized spacial score (nSPS) is 17.9. The molecule has 2 aliphatic rings. The van der Waals surface area contributed by atoms with Crippen LogP contribution in [0.15, 0.2) is 47.5 Å². The molecular formula is C22H22F2N4O2. The number of carbonyl (C=O) groups excluding carboxylic acids is 2. The lowest BCUT2D eigenvalue weighted by atomic mass is 9.88. The third kappa shape index (κ3) is 3.90. The summed E-state index contributed by atoms with van der Waals surface area (Å²) in [6.45, 7) is -0.251. The number of amides is 2. The summed E-state index contributed by atoms with van der Waals surface area (Å²) >= 11 is 0. The summed E-state index contributed by atoms with van der Waals surface area (Å²) in [5.74, 6) is -2.45. The molecule has 30 heavy (non-hydrogen) atoms. The van der Waals surface area contributed by atoms with Gasteiger partial charge in [-0.3, -0.25) is 14.6 Å². The Hall–Kier alpha value is -3.29. The van der Waals surface area contributed by atoms with Gasteiger partial charge in [0.1, 0.15) is 29.6 Å². The number of hydrogen-bond donors (Lipinski definition) is 2. The van der Waals surface area contributed by atoms with E-state index in [1.165, 1.54) is 4.90 Å². The number of nitrogens with one attached hydrogen (secondary N) is 1. The highest BCUT2D eigenvalue weighted by Crippen LogP contribution is 2.39. The van der Waals surface area contributed by atoms with Crippen molar-refractivity contribution in [3.63, 3.8) is 0 Å². The lowest BCUT2D eigenvalue weighted by molar-refractivity contribution is -0.134. The molecule has 1 saturated carbocycles. The minimum absolute atomic E-state index is 0.00140. The van der Waals surface area contributed by atoms with Crippen LogP contribution in [0.5, 0.6) is 0 Å². The molecule has 2 aromatic rings. The quantitative estimate of drug-likeness (QED) is 0.754. The SMILES string of the molecule is Nc1ccc(C2=NC3(CCCCC3)N(CC(=O)Nc3cc(F)cc(F)c3)C2=O)cc1. The number of carbonyl (C=O) groups is 2. The first-order valence-corrected chi connectivity index (χ1v) is 9.90. The Morgan fingerprint density at radius 3 is 2.33 bits per heavy atom. The van der Waals surface area contributed by atoms with Gasteiger partial charge in [0.25, 0.3) is 5.91 Å². The van der Waals surface area contributed by atoms with Crippen LogP contribution in [0.1, 0.15) is 37.7 Å². The zero-order valence-electron chi connectivity index (χ0n) is 16.3. The lowest BCUT2D eigenvalue weighted by Crippen LogP contribution is -2.51. The minimum atomic E-state index is -0.791. The molecule has 0 atom stereocenters. The Morgan fingerprint density at radius 1 is 1.07 bits per heavy atom. The molecule has 0 bridgehead atoms. The van der Waals surface area contributed by atoms with Crippen molar-refractivity contribution in [3.8, 4) is 0 Å². The molecule has 1 fully saturated rings. The van der Waals surface area contributed by atoms with Crippen LogP contribution in [0.2, 0.25) is 0 Å². The molecule has 1 spiro atoms. The van der Waals surface area contributed by atoms with Gasteiger partial charge in [0.15, 0.2) is 0 Å². The third-order valence-electron chi connectivity index (χ3n) is 5.56. The Labute approximate surface area is 172 Å². The molecule has 0 unspecified atom stereocenters. The number of rotatable bonds is 4. The monoisotopic (exact) mass is 412 g/mol. The summed E-state index contributed by atoms with van der Waals surface area (Å²) in [5.41, 5.74) is 6.51. The molecule has 2 aromatic carbocycles. The van der Waals surface area contributed by atoms with Crippen LogP contribution >= 0.6 is 0 Å². The Kier molecular flexibility index (Phi) is 5.24. The van der Waals surface area contributed by atoms with Crippen LogP contribution < -0.4 is 11.1 Å². The number of nitrogens with zero attached hydrogens (tertiary/aromatic N) is 2. The molecule has 1 heterocycles. The summed E-state index contributed by atoms with van der Waals surface area (Å²) in [7, 11) is 0. The first-order chi connectivity index (χ1) is 14.4. The van der Waals surface area contributed by atoms with Crippen LogP contribution in [0.3, 0.4) is 0 Å². The standard InChI is InChI=1S/C22H22F2N4O2/c23-15-10-16(24)12-18(11-15)26-19(29)13-28-21(30)20(14-4-6-17(25)7-5-14)27-22(28)8-2-1-3-9-22/h4-7,10-12H,1-3,8-9,13,25H2,(H,26,29). The fourth-order valence-electron chi connectivity index (χ4n) is 4.15. The number of anilines is 2. The number of halogens is 2. The lowest BCUT2D eigenvalue weighted by Gasteiger charge is -2.38. The van der Waals surface area contributed by atoms with Gasteiger partial charge < -0.3 is 16.0 Å². The number of nitrogens with two attached hydrogens (primary N) is 1. The summed E-state index contributed by atoms with van der Waals surface area (Å²) in [6.07, 6.45) is 4.18. The maximum atomic E-state index is 13.4. The summed E-state index contributed by atoms with van der Waals surface area (Å²) < 4.78 is 26.8. The van der Waals surface area contributed by atoms with E-state index in [2.05, 4.69) is 5.32 Å². The summed E-state index contributed by atoms with van der Waals surface area (Å²) in [4.78, 5) is 32.1. The van der Waals surface area contributed by atoms with Crippen LogP contribution in [0.25, 0.3) is 0 Å². The largest absolute Gasteiger partial charge is 0.399 e. The minimum Gasteiger partial charge on any atom is -0.399 e. The van der Waals surface area contributed by atoms with Gasteiger partial charge in [0.05, 0.1) is 0 Å². The van der Waals surface area contributed by atoms with Gasteiger partial charge in [-0.25, -0.2) is 8.78 Å². The maximum Gasteiger partial charge on any atom is 0.275 e. The molecule has 156 valence electrons. The predicted octanol–water partition coefficient (Wildman–Crippen LogP) is 3.48. The van der Waals surface area contributed by atoms with E-state index in [-0.39, 0.29) is 18.1 Å². The Bertz CT molecular complexity index is 994. The van der Waals surface area contributed by atoms with Crippen molar-refractivity contribution in [1.82, 2.24) is 4.90 Å². The zero-order valence-corrected chi connectivity index (χ0v) is 16.3. The molecule has 0 radical (unpaired) electrons. The van der Waals surface area contributed by atoms with Gasteiger partial charge in [0.2, 0.25) is 5.91 Å². The Balaban J connectivity index is 1.58. The number of nitrogen functional groups attached to an aromatic ring is 1. The van der Waals surface area contributed by atoms with Crippen molar-refractivity contribution in [2.24, 2.45) is 4.99 Å². The molecule has 1 aliphatic carbocycles. The van der Waals surface area contributed by atoms with E-state index in [4.69, 9.17) is 10.7 Å². The van der Waals surface area contributed by atoms with Gasteiger partial charge in [0, 0.05) is 23.0 Å². The topological polar surface area (TPSA) is 87.8 Å². The van der Waals surface area contributed by atoms with Crippen molar-refractivity contribution in [1.29, 1.82) is 0 Å². The van der Waals surface area contributed by atoms with Gasteiger partial charge in [-0.2, -0.15) is 0 Å². The smallest absolute Gasteiger partial charge is 0.275 e. The molecule has 6 nitrogen and oxygen atoms in total. The van der Waals surface area contributed by atoms with Crippen molar-refractivity contribution >= 4 is 28.9 Å². The highest BCUT2D eigenvalue weighted by atomic mass is 19.1. The van der Waals surface area contributed by atoms with E-state index in [0.717, 1.165) is 37.5 Å². The number of benzene rings is 2. The van der Waals surface area contributed by atoms with Crippen molar-refractivity contribution in [2.45, 2.75) is 37.8 Å². The van der Waals surface area contributed by atoms with Gasteiger partial charge in [-0.1, -0.05) is 18.6 Å². The fourth-order valence-corrected chi connectivity index (χ4v) is 4.15. The fraction of sp³-hybridized carbons (Fsp3) is 0.318. The van der Waals surface area contributed by atoms with Crippen LogP contribution in [-0.2, 0) is 9.59 Å². The van der Waals surface area contributed by atoms with E-state index in [9.17, 15) is 18.4 Å². The average Bonchev–Trinajstić information content (AvgIpc) is 2.94. The molecule has 4 rings (SSSR count). The third-order valence-corrected chi connectivity index (χ3v) is 5.56. The molecule has 0 saturated heterocycles. The second-order valence-electron chi connectivity index (χ2n) is 7.72. The molecule has 2 amide bonds. The average molecular weight is 412 g/mol. The second-order valence-corrected chi connectivity index (χ2v) is 7.72. The van der Waals surface area contributed by atoms with E-state index in [1.54, 1.807) is 24.3 Å². The van der Waals surface area contributed by atoms with Gasteiger partial charge >= 0.3 is 0 Å². The Morgan fingerprint density at radius 2 is 1.70 bits per heavy atom. The van der Waals surface area contributed by atoms with E-state index < -0.39 is 23.2 Å². The molecular weight excluding hydrogens is 390 g/mol. The molecule has 3 N–H and O–H groups in total. The van der Waals surface area contributed by atoms with Gasteiger partial charge in [-0.05, 0) is 49.9 Å². The predicted molar refractivity (Wildman–Crippen MR) is 110 cm³/mol. The number of aliphatic imine (C=N–C) groups is 1. The van der Waals surface area contributed by atoms with Crippen LogP contribution in [0.4, 0.5) is 20.2 Å². The molecule has 1 aliphatic heterocycles. The zero-order chi connectivity index (χ0) is 21.3. The van der Waals surface area contributed by atoms with E-state index >= 15 is 0 Å². The van der Waals surface area contributed by atoms with Crippen molar-refractivity contribution in [2.75, 3.05) is 17.6 Å². The maximum absolute atomic E-state index is 13.4. The van der Waals surface area contributed by atoms with Gasteiger partial charge in [-0.15, -0.1) is 0 Å². The van der Waals surface area contributed by atoms with Crippen molar-refractivity contribution in [3.05, 3.63) is 59.7 Å².